The molecule has 19 heavy (non-hydrogen) atoms. The monoisotopic (exact) mass is 281 g/mol. The molecule has 0 aliphatic heterocycles. The highest BCUT2D eigenvalue weighted by Crippen LogP contribution is 2.14. The molecule has 0 aromatic heterocycles. The van der Waals surface area contributed by atoms with Crippen molar-refractivity contribution in [2.45, 2.75) is 0 Å². The van der Waals surface area contributed by atoms with E-state index in [-0.39, 0.29) is 24.1 Å². The van der Waals surface area contributed by atoms with Gasteiger partial charge in [-0.25, -0.2) is 4.39 Å². The number of rotatable bonds is 3. The minimum atomic E-state index is -0.336. The number of carbonyl (C=O) groups is 1. The van der Waals surface area contributed by atoms with Gasteiger partial charge in [-0.15, -0.1) is 12.4 Å². The summed E-state index contributed by atoms with van der Waals surface area (Å²) in [5.74, 6) is 0.107. The molecule has 2 aromatic carbocycles. The van der Waals surface area contributed by atoms with Gasteiger partial charge in [0.2, 0.25) is 0 Å². The maximum Gasteiger partial charge on any atom is 0.255 e. The largest absolute Gasteiger partial charge is 0.497 e. The van der Waals surface area contributed by atoms with Gasteiger partial charge >= 0.3 is 0 Å². The summed E-state index contributed by atoms with van der Waals surface area (Å²) in [7, 11) is 1.56. The number of methoxy groups -OCH3 is 1. The zero-order chi connectivity index (χ0) is 13.0. The number of hydrogen-bond acceptors (Lipinski definition) is 2. The van der Waals surface area contributed by atoms with Crippen molar-refractivity contribution in [3.63, 3.8) is 0 Å². The molecule has 0 radical (unpaired) electrons. The number of carbonyl (C=O) groups excluding carboxylic acids is 1. The number of amides is 1. The molecular weight excluding hydrogens is 269 g/mol. The van der Waals surface area contributed by atoms with Crippen molar-refractivity contribution in [2.75, 3.05) is 12.4 Å². The van der Waals surface area contributed by atoms with Crippen LogP contribution in [0.1, 0.15) is 10.4 Å². The van der Waals surface area contributed by atoms with E-state index in [0.717, 1.165) is 0 Å². The van der Waals surface area contributed by atoms with Crippen LogP contribution in [0.3, 0.4) is 0 Å². The second-order valence-electron chi connectivity index (χ2n) is 3.69. The lowest BCUT2D eigenvalue weighted by molar-refractivity contribution is 0.102. The Hall–Kier alpha value is -2.07. The molecule has 1 amide bonds. The van der Waals surface area contributed by atoms with E-state index < -0.39 is 0 Å². The fourth-order valence-corrected chi connectivity index (χ4v) is 1.48. The Labute approximate surface area is 116 Å². The van der Waals surface area contributed by atoms with Crippen molar-refractivity contribution in [2.24, 2.45) is 0 Å². The van der Waals surface area contributed by atoms with Crippen LogP contribution in [-0.4, -0.2) is 13.0 Å². The van der Waals surface area contributed by atoms with Crippen molar-refractivity contribution < 1.29 is 13.9 Å². The lowest BCUT2D eigenvalue weighted by Crippen LogP contribution is -2.11. The van der Waals surface area contributed by atoms with Crippen LogP contribution in [0.25, 0.3) is 0 Å². The first-order valence-electron chi connectivity index (χ1n) is 5.40. The number of ether oxygens (including phenoxy) is 1. The second-order valence-corrected chi connectivity index (χ2v) is 3.69. The Bertz CT molecular complexity index is 540. The Kier molecular flexibility index (Phi) is 5.33. The Morgan fingerprint density at radius 3 is 2.16 bits per heavy atom. The van der Waals surface area contributed by atoms with Crippen LogP contribution >= 0.6 is 12.4 Å². The van der Waals surface area contributed by atoms with Gasteiger partial charge in [0.1, 0.15) is 11.6 Å². The van der Waals surface area contributed by atoms with Crippen molar-refractivity contribution in [3.05, 3.63) is 59.9 Å². The van der Waals surface area contributed by atoms with Gasteiger partial charge in [0, 0.05) is 11.3 Å². The summed E-state index contributed by atoms with van der Waals surface area (Å²) in [6, 6.07) is 12.4. The van der Waals surface area contributed by atoms with Crippen molar-refractivity contribution in [1.82, 2.24) is 0 Å². The number of benzene rings is 2. The van der Waals surface area contributed by atoms with Crippen LogP contribution in [0.4, 0.5) is 10.1 Å². The quantitative estimate of drug-likeness (QED) is 0.935. The third-order valence-corrected chi connectivity index (χ3v) is 2.45. The molecule has 2 rings (SSSR count). The first-order chi connectivity index (χ1) is 8.69. The third-order valence-electron chi connectivity index (χ3n) is 2.45. The van der Waals surface area contributed by atoms with E-state index >= 15 is 0 Å². The summed E-state index contributed by atoms with van der Waals surface area (Å²) in [6.07, 6.45) is 0. The molecule has 0 heterocycles. The van der Waals surface area contributed by atoms with Gasteiger partial charge in [-0.05, 0) is 48.5 Å². The Balaban J connectivity index is 0.00000180. The molecule has 0 unspecified atom stereocenters. The van der Waals surface area contributed by atoms with E-state index in [0.29, 0.717) is 17.0 Å². The smallest absolute Gasteiger partial charge is 0.255 e. The average molecular weight is 282 g/mol. The predicted octanol–water partition coefficient (Wildman–Crippen LogP) is 3.51. The van der Waals surface area contributed by atoms with Crippen LogP contribution < -0.4 is 10.1 Å². The molecule has 0 aliphatic rings. The maximum atomic E-state index is 12.7. The van der Waals surface area contributed by atoms with E-state index in [1.54, 1.807) is 31.4 Å². The standard InChI is InChI=1S/C14H12FNO2.ClH/c1-18-13-8-2-10(3-9-13)14(17)16-12-6-4-11(15)5-7-12;/h2-9H,1H3,(H,16,17);1H. The van der Waals surface area contributed by atoms with Gasteiger partial charge in [-0.3, -0.25) is 4.79 Å². The van der Waals surface area contributed by atoms with Gasteiger partial charge in [0.15, 0.2) is 0 Å². The number of nitrogens with one attached hydrogen (secondary N) is 1. The Morgan fingerprint density at radius 2 is 1.63 bits per heavy atom. The fourth-order valence-electron chi connectivity index (χ4n) is 1.48. The zero-order valence-corrected chi connectivity index (χ0v) is 11.0. The topological polar surface area (TPSA) is 38.3 Å². The van der Waals surface area contributed by atoms with E-state index in [1.807, 2.05) is 0 Å². The van der Waals surface area contributed by atoms with Crippen LogP contribution in [0.2, 0.25) is 0 Å². The van der Waals surface area contributed by atoms with Crippen LogP contribution in [-0.2, 0) is 0 Å². The summed E-state index contributed by atoms with van der Waals surface area (Å²) in [4.78, 5) is 11.9. The molecule has 2 aromatic rings. The highest BCUT2D eigenvalue weighted by atomic mass is 35.5. The van der Waals surface area contributed by atoms with Crippen LogP contribution in [0.5, 0.6) is 5.75 Å². The maximum absolute atomic E-state index is 12.7. The van der Waals surface area contributed by atoms with Gasteiger partial charge in [0.05, 0.1) is 7.11 Å². The minimum absolute atomic E-state index is 0. The summed E-state index contributed by atoms with van der Waals surface area (Å²) in [5.41, 5.74) is 1.07. The van der Waals surface area contributed by atoms with Crippen LogP contribution in [0, 0.1) is 5.82 Å². The molecule has 0 spiro atoms. The van der Waals surface area contributed by atoms with Crippen molar-refractivity contribution in [1.29, 1.82) is 0 Å². The van der Waals surface area contributed by atoms with E-state index in [2.05, 4.69) is 5.32 Å². The zero-order valence-electron chi connectivity index (χ0n) is 10.2. The molecule has 0 bridgehead atoms. The van der Waals surface area contributed by atoms with Gasteiger partial charge in [-0.2, -0.15) is 0 Å². The predicted molar refractivity (Wildman–Crippen MR) is 74.6 cm³/mol. The lowest BCUT2D eigenvalue weighted by Gasteiger charge is -2.06. The summed E-state index contributed by atoms with van der Waals surface area (Å²) in [5, 5.41) is 2.68. The Morgan fingerprint density at radius 1 is 1.05 bits per heavy atom. The molecule has 1 N–H and O–H groups in total. The van der Waals surface area contributed by atoms with Crippen molar-refractivity contribution >= 4 is 24.0 Å². The van der Waals surface area contributed by atoms with E-state index in [1.165, 1.54) is 24.3 Å². The summed E-state index contributed by atoms with van der Waals surface area (Å²) in [6.45, 7) is 0. The van der Waals surface area contributed by atoms with Crippen LogP contribution in [0.15, 0.2) is 48.5 Å². The SMILES string of the molecule is COc1ccc(C(=O)Nc2ccc(F)cc2)cc1.Cl. The number of halogens is 2. The average Bonchev–Trinajstić information content (AvgIpc) is 2.41. The molecule has 3 nitrogen and oxygen atoms in total. The highest BCUT2D eigenvalue weighted by molar-refractivity contribution is 6.04. The van der Waals surface area contributed by atoms with Gasteiger partial charge in [0.25, 0.3) is 5.91 Å². The van der Waals surface area contributed by atoms with Crippen molar-refractivity contribution in [3.8, 4) is 5.75 Å². The normalized spacial score (nSPS) is 9.37. The summed E-state index contributed by atoms with van der Waals surface area (Å²) >= 11 is 0. The number of anilines is 1. The first kappa shape index (κ1) is 15.0. The van der Waals surface area contributed by atoms with Gasteiger partial charge in [-0.1, -0.05) is 0 Å². The molecule has 0 fully saturated rings. The highest BCUT2D eigenvalue weighted by Gasteiger charge is 2.05. The summed E-state index contributed by atoms with van der Waals surface area (Å²) < 4.78 is 17.7. The lowest BCUT2D eigenvalue weighted by atomic mass is 10.2. The molecular formula is C14H13ClFNO2. The second kappa shape index (κ2) is 6.75. The molecule has 0 aliphatic carbocycles. The van der Waals surface area contributed by atoms with Gasteiger partial charge < -0.3 is 10.1 Å². The molecule has 0 atom stereocenters. The minimum Gasteiger partial charge on any atom is -0.497 e. The van der Waals surface area contributed by atoms with E-state index in [4.69, 9.17) is 4.74 Å². The molecule has 5 heteroatoms. The number of hydrogen-bond donors (Lipinski definition) is 1. The third kappa shape index (κ3) is 3.96. The molecule has 0 saturated carbocycles. The molecule has 0 saturated heterocycles. The molecule has 100 valence electrons. The fraction of sp³-hybridized carbons (Fsp3) is 0.0714. The first-order valence-corrected chi connectivity index (χ1v) is 5.40. The van der Waals surface area contributed by atoms with E-state index in [9.17, 15) is 9.18 Å².